The van der Waals surface area contributed by atoms with Gasteiger partial charge in [0.15, 0.2) is 0 Å². The van der Waals surface area contributed by atoms with Crippen molar-refractivity contribution in [3.8, 4) is 5.75 Å². The topological polar surface area (TPSA) is 56.2 Å². The van der Waals surface area contributed by atoms with Crippen LogP contribution in [0.2, 0.25) is 10.0 Å². The van der Waals surface area contributed by atoms with Crippen molar-refractivity contribution in [1.29, 1.82) is 0 Å². The van der Waals surface area contributed by atoms with Gasteiger partial charge in [0.2, 0.25) is 0 Å². The minimum atomic E-state index is -1.14. The fourth-order valence-electron chi connectivity index (χ4n) is 4.60. The molecule has 1 aliphatic rings. The lowest BCUT2D eigenvalue weighted by molar-refractivity contribution is 0.0102. The number of β-amino-alcohol motifs (C(OH)–C–C–N with tert-alkyl or cyclic N) is 1. The molecular weight excluding hydrogens is 502 g/mol. The van der Waals surface area contributed by atoms with E-state index in [2.05, 4.69) is 9.80 Å². The molecule has 0 aliphatic carbocycles. The van der Waals surface area contributed by atoms with Crippen LogP contribution in [-0.2, 0) is 5.60 Å². The maximum Gasteiger partial charge on any atom is 0.123 e. The zero-order valence-corrected chi connectivity index (χ0v) is 21.9. The highest BCUT2D eigenvalue weighted by Gasteiger charge is 2.34. The number of halogens is 3. The van der Waals surface area contributed by atoms with Crippen LogP contribution in [0.5, 0.6) is 5.75 Å². The van der Waals surface area contributed by atoms with E-state index in [1.54, 1.807) is 32.0 Å². The first-order valence-corrected chi connectivity index (χ1v) is 12.7. The van der Waals surface area contributed by atoms with Gasteiger partial charge in [-0.15, -0.1) is 0 Å². The van der Waals surface area contributed by atoms with E-state index in [0.29, 0.717) is 47.5 Å². The van der Waals surface area contributed by atoms with Crippen LogP contribution in [0.1, 0.15) is 31.0 Å². The fraction of sp³-hybridized carbons (Fsp3) is 0.357. The van der Waals surface area contributed by atoms with Gasteiger partial charge < -0.3 is 19.8 Å². The van der Waals surface area contributed by atoms with Crippen LogP contribution in [0.4, 0.5) is 10.1 Å². The summed E-state index contributed by atoms with van der Waals surface area (Å²) in [7, 11) is 0. The van der Waals surface area contributed by atoms with Crippen LogP contribution in [0.15, 0.2) is 66.7 Å². The van der Waals surface area contributed by atoms with Gasteiger partial charge in [0.1, 0.15) is 18.2 Å². The monoisotopic (exact) mass is 532 g/mol. The fourth-order valence-corrected chi connectivity index (χ4v) is 5.01. The van der Waals surface area contributed by atoms with Gasteiger partial charge in [-0.25, -0.2) is 4.39 Å². The Bertz CT molecular complexity index is 1160. The molecule has 1 aliphatic heterocycles. The van der Waals surface area contributed by atoms with Gasteiger partial charge in [0.05, 0.1) is 28.5 Å². The van der Waals surface area contributed by atoms with Gasteiger partial charge in [-0.2, -0.15) is 0 Å². The van der Waals surface area contributed by atoms with Crippen molar-refractivity contribution in [2.45, 2.75) is 31.6 Å². The van der Waals surface area contributed by atoms with E-state index in [1.807, 2.05) is 36.4 Å². The number of aliphatic hydroxyl groups excluding tert-OH is 1. The Morgan fingerprint density at radius 1 is 1.06 bits per heavy atom. The maximum atomic E-state index is 13.4. The van der Waals surface area contributed by atoms with Crippen molar-refractivity contribution in [2.75, 3.05) is 37.7 Å². The molecule has 3 atom stereocenters. The molecule has 1 saturated heterocycles. The normalized spacial score (nSPS) is 19.1. The lowest BCUT2D eigenvalue weighted by Gasteiger charge is -2.45. The summed E-state index contributed by atoms with van der Waals surface area (Å²) in [5.74, 6) is 0.270. The number of hydrogen-bond acceptors (Lipinski definition) is 5. The predicted octanol–water partition coefficient (Wildman–Crippen LogP) is 5.66. The Kier molecular flexibility index (Phi) is 8.43. The molecule has 1 fully saturated rings. The lowest BCUT2D eigenvalue weighted by atomic mass is 9.94. The summed E-state index contributed by atoms with van der Waals surface area (Å²) in [5, 5.41) is 21.9. The minimum absolute atomic E-state index is 0.0400. The molecule has 3 aromatic rings. The third-order valence-corrected chi connectivity index (χ3v) is 6.99. The number of aliphatic hydroxyl groups is 2. The maximum absolute atomic E-state index is 13.4. The Balaban J connectivity index is 1.58. The quantitative estimate of drug-likeness (QED) is 0.391. The van der Waals surface area contributed by atoms with Crippen LogP contribution < -0.4 is 9.64 Å². The van der Waals surface area contributed by atoms with Gasteiger partial charge in [-0.1, -0.05) is 47.5 Å². The molecule has 192 valence electrons. The van der Waals surface area contributed by atoms with Crippen LogP contribution in [-0.4, -0.2) is 54.0 Å². The molecule has 3 aromatic carbocycles. The SMILES string of the molecule is C[C@H](O)COc1ccc(N2CCN(C[C@@](C)(O)c3ccc(F)cc3)C[C@H]2c2ccc(Cl)cc2)c(Cl)c1. The number of ether oxygens (including phenoxy) is 1. The number of rotatable bonds is 8. The van der Waals surface area contributed by atoms with Gasteiger partial charge in [-0.05, 0) is 61.4 Å². The average molecular weight is 533 g/mol. The summed E-state index contributed by atoms with van der Waals surface area (Å²) in [5.41, 5.74) is 1.49. The molecule has 0 unspecified atom stereocenters. The summed E-state index contributed by atoms with van der Waals surface area (Å²) < 4.78 is 19.0. The molecular formula is C28H31Cl2FN2O3. The van der Waals surface area contributed by atoms with Gasteiger partial charge in [0.25, 0.3) is 0 Å². The molecule has 0 radical (unpaired) electrons. The molecule has 0 spiro atoms. The second-order valence-corrected chi connectivity index (χ2v) is 10.4. The molecule has 0 saturated carbocycles. The largest absolute Gasteiger partial charge is 0.491 e. The summed E-state index contributed by atoms with van der Waals surface area (Å²) in [6.45, 7) is 6.05. The van der Waals surface area contributed by atoms with E-state index < -0.39 is 11.7 Å². The highest BCUT2D eigenvalue weighted by Crippen LogP contribution is 2.38. The molecule has 1 heterocycles. The summed E-state index contributed by atoms with van der Waals surface area (Å²) >= 11 is 12.9. The van der Waals surface area contributed by atoms with Crippen molar-refractivity contribution in [1.82, 2.24) is 4.90 Å². The molecule has 2 N–H and O–H groups in total. The number of nitrogens with zero attached hydrogens (tertiary/aromatic N) is 2. The third-order valence-electron chi connectivity index (χ3n) is 6.44. The Morgan fingerprint density at radius 3 is 2.39 bits per heavy atom. The first-order chi connectivity index (χ1) is 17.1. The highest BCUT2D eigenvalue weighted by atomic mass is 35.5. The minimum Gasteiger partial charge on any atom is -0.491 e. The first-order valence-electron chi connectivity index (χ1n) is 12.0. The number of anilines is 1. The van der Waals surface area contributed by atoms with Crippen LogP contribution in [0, 0.1) is 5.82 Å². The summed E-state index contributed by atoms with van der Waals surface area (Å²) in [4.78, 5) is 4.47. The van der Waals surface area contributed by atoms with Crippen LogP contribution in [0.25, 0.3) is 0 Å². The molecule has 36 heavy (non-hydrogen) atoms. The van der Waals surface area contributed by atoms with Crippen molar-refractivity contribution in [3.63, 3.8) is 0 Å². The van der Waals surface area contributed by atoms with Crippen molar-refractivity contribution in [3.05, 3.63) is 93.7 Å². The Hall–Kier alpha value is -2.35. The van der Waals surface area contributed by atoms with E-state index in [4.69, 9.17) is 27.9 Å². The van der Waals surface area contributed by atoms with E-state index in [0.717, 1.165) is 11.3 Å². The molecule has 0 amide bonds. The van der Waals surface area contributed by atoms with Gasteiger partial charge in [0, 0.05) is 37.3 Å². The lowest BCUT2D eigenvalue weighted by Crippen LogP contribution is -2.52. The standard InChI is InChI=1S/C28H31Cl2FN2O3/c1-19(34)17-36-24-11-12-26(25(30)15-24)33-14-13-32(16-27(33)20-3-7-22(29)8-4-20)18-28(2,35)21-5-9-23(31)10-6-21/h3-12,15,19,27,34-35H,13-14,16-18H2,1-2H3/t19-,27-,28+/m0/s1. The Morgan fingerprint density at radius 2 is 1.75 bits per heavy atom. The number of benzene rings is 3. The zero-order chi connectivity index (χ0) is 25.9. The van der Waals surface area contributed by atoms with Crippen molar-refractivity contribution in [2.24, 2.45) is 0 Å². The second kappa shape index (κ2) is 11.4. The average Bonchev–Trinajstić information content (AvgIpc) is 2.83. The predicted molar refractivity (Wildman–Crippen MR) is 143 cm³/mol. The highest BCUT2D eigenvalue weighted by molar-refractivity contribution is 6.33. The Labute approximate surface area is 221 Å². The van der Waals surface area contributed by atoms with Crippen molar-refractivity contribution < 1.29 is 19.3 Å². The molecule has 8 heteroatoms. The van der Waals surface area contributed by atoms with E-state index in [1.165, 1.54) is 12.1 Å². The van der Waals surface area contributed by atoms with Gasteiger partial charge >= 0.3 is 0 Å². The summed E-state index contributed by atoms with van der Waals surface area (Å²) in [6.07, 6.45) is -0.571. The molecule has 0 bridgehead atoms. The van der Waals surface area contributed by atoms with Crippen LogP contribution in [0.3, 0.4) is 0 Å². The molecule has 5 nitrogen and oxygen atoms in total. The zero-order valence-electron chi connectivity index (χ0n) is 20.4. The number of hydrogen-bond donors (Lipinski definition) is 2. The third kappa shape index (κ3) is 6.50. The van der Waals surface area contributed by atoms with Gasteiger partial charge in [-0.3, -0.25) is 4.90 Å². The van der Waals surface area contributed by atoms with E-state index in [9.17, 15) is 14.6 Å². The van der Waals surface area contributed by atoms with E-state index in [-0.39, 0.29) is 18.5 Å². The number of piperazine rings is 1. The smallest absolute Gasteiger partial charge is 0.123 e. The first kappa shape index (κ1) is 26.7. The molecule has 4 rings (SSSR count). The second-order valence-electron chi connectivity index (χ2n) is 9.55. The van der Waals surface area contributed by atoms with Crippen molar-refractivity contribution >= 4 is 28.9 Å². The van der Waals surface area contributed by atoms with E-state index >= 15 is 0 Å². The molecule has 0 aromatic heterocycles. The van der Waals surface area contributed by atoms with Crippen LogP contribution >= 0.6 is 23.2 Å². The summed E-state index contributed by atoms with van der Waals surface area (Å²) in [6, 6.07) is 19.3.